The van der Waals surface area contributed by atoms with E-state index in [0.717, 1.165) is 25.3 Å². The van der Waals surface area contributed by atoms with Crippen LogP contribution < -0.4 is 10.8 Å². The number of carbonyl (C=O) groups is 1. The highest BCUT2D eigenvalue weighted by Crippen LogP contribution is 2.42. The number of halogens is 1. The molecule has 5 nitrogen and oxygen atoms in total. The van der Waals surface area contributed by atoms with Gasteiger partial charge in [0.15, 0.2) is 0 Å². The fourth-order valence-electron chi connectivity index (χ4n) is 2.58. The number of thioether (sulfide) groups is 1. The van der Waals surface area contributed by atoms with Crippen molar-refractivity contribution in [1.29, 1.82) is 0 Å². The van der Waals surface area contributed by atoms with Crippen LogP contribution in [0.4, 0.5) is 4.39 Å². The van der Waals surface area contributed by atoms with Gasteiger partial charge in [-0.15, -0.1) is 11.8 Å². The second kappa shape index (κ2) is 6.86. The van der Waals surface area contributed by atoms with Crippen LogP contribution in [0.2, 0.25) is 0 Å². The number of nitrogens with zero attached hydrogens (tertiary/aromatic N) is 1. The highest BCUT2D eigenvalue weighted by Gasteiger charge is 2.28. The Bertz CT molecular complexity index is 693. The summed E-state index contributed by atoms with van der Waals surface area (Å²) in [7, 11) is -1.77. The lowest BCUT2D eigenvalue weighted by molar-refractivity contribution is -0.120. The summed E-state index contributed by atoms with van der Waals surface area (Å²) in [5.74, 6) is -0.852. The minimum Gasteiger partial charge on any atom is -0.423 e. The topological polar surface area (TPSA) is 82.5 Å². The first-order valence-corrected chi connectivity index (χ1v) is 8.28. The lowest BCUT2D eigenvalue weighted by Crippen LogP contribution is -2.33. The summed E-state index contributed by atoms with van der Waals surface area (Å²) in [6.07, 6.45) is 8.48. The van der Waals surface area contributed by atoms with Crippen molar-refractivity contribution in [3.8, 4) is 0 Å². The van der Waals surface area contributed by atoms with Crippen molar-refractivity contribution in [3.05, 3.63) is 46.4 Å². The van der Waals surface area contributed by atoms with Crippen molar-refractivity contribution in [1.82, 2.24) is 10.3 Å². The molecule has 1 aromatic rings. The number of pyridine rings is 1. The number of nitrogens with one attached hydrogen (secondary N) is 1. The summed E-state index contributed by atoms with van der Waals surface area (Å²) in [6, 6.07) is 1.00. The number of amides is 1. The molecule has 23 heavy (non-hydrogen) atoms. The molecule has 0 fully saturated rings. The zero-order valence-corrected chi connectivity index (χ0v) is 13.1. The highest BCUT2D eigenvalue weighted by molar-refractivity contribution is 8.05. The number of hydrogen-bond acceptors (Lipinski definition) is 5. The Morgan fingerprint density at radius 3 is 3.04 bits per heavy atom. The highest BCUT2D eigenvalue weighted by atomic mass is 32.2. The van der Waals surface area contributed by atoms with Crippen LogP contribution in [-0.4, -0.2) is 33.3 Å². The fraction of sp³-hybridized carbons (Fsp3) is 0.333. The van der Waals surface area contributed by atoms with Crippen LogP contribution in [0.3, 0.4) is 0 Å². The van der Waals surface area contributed by atoms with Crippen LogP contribution in [0.25, 0.3) is 0 Å². The molecule has 1 atom stereocenters. The first-order chi connectivity index (χ1) is 11.0. The van der Waals surface area contributed by atoms with E-state index in [1.54, 1.807) is 0 Å². The third kappa shape index (κ3) is 3.65. The summed E-state index contributed by atoms with van der Waals surface area (Å²) in [6.45, 7) is -0.0360. The van der Waals surface area contributed by atoms with E-state index in [-0.39, 0.29) is 28.9 Å². The van der Waals surface area contributed by atoms with Crippen molar-refractivity contribution in [3.63, 3.8) is 0 Å². The summed E-state index contributed by atoms with van der Waals surface area (Å²) < 4.78 is 13.8. The average Bonchev–Trinajstić information content (AvgIpc) is 2.97. The minimum absolute atomic E-state index is 0.0235. The Labute approximate surface area is 137 Å². The maximum absolute atomic E-state index is 13.8. The second-order valence-corrected chi connectivity index (χ2v) is 6.66. The molecule has 2 aliphatic rings. The molecule has 1 aliphatic carbocycles. The van der Waals surface area contributed by atoms with Crippen molar-refractivity contribution < 1.29 is 19.2 Å². The fourth-order valence-corrected chi connectivity index (χ4v) is 3.81. The van der Waals surface area contributed by atoms with Gasteiger partial charge in [0, 0.05) is 16.6 Å². The summed E-state index contributed by atoms with van der Waals surface area (Å²) in [5, 5.41) is 20.3. The van der Waals surface area contributed by atoms with E-state index in [1.165, 1.54) is 28.4 Å². The van der Waals surface area contributed by atoms with Crippen LogP contribution in [0.5, 0.6) is 0 Å². The number of hydrogen-bond donors (Lipinski definition) is 3. The molecule has 1 unspecified atom stereocenters. The number of fused-ring (bicyclic) bond motifs is 1. The molecule has 8 heteroatoms. The van der Waals surface area contributed by atoms with Crippen molar-refractivity contribution in [2.75, 3.05) is 0 Å². The van der Waals surface area contributed by atoms with Crippen LogP contribution >= 0.6 is 11.8 Å². The van der Waals surface area contributed by atoms with E-state index in [1.807, 2.05) is 6.08 Å². The number of allylic oxidation sites excluding steroid dienone is 2. The number of aromatic nitrogens is 1. The average molecular weight is 334 g/mol. The van der Waals surface area contributed by atoms with Crippen molar-refractivity contribution in [2.24, 2.45) is 0 Å². The zero-order valence-electron chi connectivity index (χ0n) is 12.3. The standard InChI is InChI=1S/C15H16BFN2O3S/c17-11-6-10(16(21)22)7-18-12(11)8-19-15(20)14-5-9-3-1-2-4-13(9)23-14/h4-7,14,21-22H,1-3,8H2,(H,19,20). The quantitative estimate of drug-likeness (QED) is 0.704. The Morgan fingerprint density at radius 2 is 2.35 bits per heavy atom. The van der Waals surface area contributed by atoms with Gasteiger partial charge < -0.3 is 15.4 Å². The summed E-state index contributed by atoms with van der Waals surface area (Å²) in [5.41, 5.74) is 1.27. The van der Waals surface area contributed by atoms with Crippen LogP contribution in [-0.2, 0) is 11.3 Å². The van der Waals surface area contributed by atoms with E-state index >= 15 is 0 Å². The molecule has 1 aliphatic heterocycles. The van der Waals surface area contributed by atoms with Gasteiger partial charge in [0.1, 0.15) is 11.1 Å². The minimum atomic E-state index is -1.77. The maximum atomic E-state index is 13.8. The molecule has 3 rings (SSSR count). The SMILES string of the molecule is O=C(NCc1ncc(B(O)O)cc1F)C1C=C2CCCC=C2S1. The molecule has 0 aromatic carbocycles. The molecule has 0 radical (unpaired) electrons. The second-order valence-electron chi connectivity index (χ2n) is 5.48. The van der Waals surface area contributed by atoms with E-state index in [0.29, 0.717) is 0 Å². The van der Waals surface area contributed by atoms with E-state index < -0.39 is 12.9 Å². The van der Waals surface area contributed by atoms with E-state index in [2.05, 4.69) is 16.4 Å². The Balaban J connectivity index is 1.61. The van der Waals surface area contributed by atoms with Crippen LogP contribution in [0.15, 0.2) is 34.9 Å². The maximum Gasteiger partial charge on any atom is 0.490 e. The molecule has 3 N–H and O–H groups in total. The molecule has 120 valence electrons. The third-order valence-electron chi connectivity index (χ3n) is 3.83. The first kappa shape index (κ1) is 16.2. The van der Waals surface area contributed by atoms with Gasteiger partial charge in [0.05, 0.1) is 12.2 Å². The smallest absolute Gasteiger partial charge is 0.423 e. The Kier molecular flexibility index (Phi) is 4.84. The van der Waals surface area contributed by atoms with Gasteiger partial charge in [-0.05, 0) is 30.9 Å². The molecule has 1 amide bonds. The monoisotopic (exact) mass is 334 g/mol. The van der Waals surface area contributed by atoms with Gasteiger partial charge in [-0.25, -0.2) is 4.39 Å². The van der Waals surface area contributed by atoms with Gasteiger partial charge in [0.2, 0.25) is 5.91 Å². The molecule has 0 saturated carbocycles. The lowest BCUT2D eigenvalue weighted by Gasteiger charge is -2.11. The van der Waals surface area contributed by atoms with Gasteiger partial charge in [-0.3, -0.25) is 9.78 Å². The Morgan fingerprint density at radius 1 is 1.52 bits per heavy atom. The summed E-state index contributed by atoms with van der Waals surface area (Å²) in [4.78, 5) is 17.2. The predicted octanol–water partition coefficient (Wildman–Crippen LogP) is 0.626. The Hall–Kier alpha value is -1.64. The van der Waals surface area contributed by atoms with Gasteiger partial charge in [-0.2, -0.15) is 0 Å². The van der Waals surface area contributed by atoms with Crippen LogP contribution in [0, 0.1) is 5.82 Å². The normalized spacial score (nSPS) is 19.7. The predicted molar refractivity (Wildman–Crippen MR) is 87.3 cm³/mol. The lowest BCUT2D eigenvalue weighted by atomic mass is 9.81. The molecular weight excluding hydrogens is 318 g/mol. The van der Waals surface area contributed by atoms with E-state index in [4.69, 9.17) is 10.0 Å². The van der Waals surface area contributed by atoms with Crippen LogP contribution in [0.1, 0.15) is 25.0 Å². The molecule has 0 bridgehead atoms. The first-order valence-electron chi connectivity index (χ1n) is 7.40. The van der Waals surface area contributed by atoms with Crippen molar-refractivity contribution in [2.45, 2.75) is 31.1 Å². The van der Waals surface area contributed by atoms with Gasteiger partial charge in [-0.1, -0.05) is 12.2 Å². The number of rotatable bonds is 4. The molecule has 0 saturated heterocycles. The molecule has 0 spiro atoms. The van der Waals surface area contributed by atoms with Gasteiger partial charge >= 0.3 is 7.12 Å². The third-order valence-corrected chi connectivity index (χ3v) is 5.11. The number of carbonyl (C=O) groups excluding carboxylic acids is 1. The molecular formula is C15H16BFN2O3S. The zero-order chi connectivity index (χ0) is 16.4. The van der Waals surface area contributed by atoms with Gasteiger partial charge in [0.25, 0.3) is 0 Å². The largest absolute Gasteiger partial charge is 0.490 e. The molecule has 1 aromatic heterocycles. The summed E-state index contributed by atoms with van der Waals surface area (Å²) >= 11 is 1.52. The molecule has 2 heterocycles. The van der Waals surface area contributed by atoms with Crippen molar-refractivity contribution >= 4 is 30.3 Å². The van der Waals surface area contributed by atoms with E-state index in [9.17, 15) is 9.18 Å².